The van der Waals surface area contributed by atoms with Crippen molar-refractivity contribution in [2.75, 3.05) is 0 Å². The van der Waals surface area contributed by atoms with Crippen LogP contribution in [0.5, 0.6) is 5.75 Å². The molecule has 0 unspecified atom stereocenters. The highest BCUT2D eigenvalue weighted by Gasteiger charge is 2.19. The molecule has 0 heterocycles. The highest BCUT2D eigenvalue weighted by Crippen LogP contribution is 2.20. The third-order valence-corrected chi connectivity index (χ3v) is 6.35. The molecule has 7 heteroatoms. The van der Waals surface area contributed by atoms with Gasteiger partial charge in [-0.05, 0) is 73.0 Å². The largest absolute Gasteiger partial charge is 0.489 e. The summed E-state index contributed by atoms with van der Waals surface area (Å²) in [5.74, 6) is -0.230. The van der Waals surface area contributed by atoms with Crippen LogP contribution in [0.1, 0.15) is 27.0 Å². The van der Waals surface area contributed by atoms with Crippen LogP contribution >= 0.6 is 15.9 Å². The number of ether oxygens (including phenoxy) is 1. The van der Waals surface area contributed by atoms with E-state index in [2.05, 4.69) is 20.7 Å². The van der Waals surface area contributed by atoms with Crippen LogP contribution in [0, 0.1) is 13.8 Å². The molecule has 0 bridgehead atoms. The normalized spacial score (nSPS) is 11.1. The van der Waals surface area contributed by atoms with Gasteiger partial charge < -0.3 is 4.74 Å². The van der Waals surface area contributed by atoms with E-state index in [0.717, 1.165) is 21.2 Å². The lowest BCUT2D eigenvalue weighted by Crippen LogP contribution is -2.30. The predicted molar refractivity (Wildman–Crippen MR) is 115 cm³/mol. The summed E-state index contributed by atoms with van der Waals surface area (Å²) in [5.41, 5.74) is 3.53. The van der Waals surface area contributed by atoms with Gasteiger partial charge in [0.1, 0.15) is 12.4 Å². The SMILES string of the molecule is Cc1cccc(C)c1COc1cccc(C(=O)NS(=O)(=O)c2ccc(Br)cc2)c1. The molecule has 0 atom stereocenters. The van der Waals surface area contributed by atoms with Crippen LogP contribution in [0.25, 0.3) is 0 Å². The lowest BCUT2D eigenvalue weighted by molar-refractivity contribution is 0.0981. The number of hydrogen-bond donors (Lipinski definition) is 1. The molecule has 1 amide bonds. The lowest BCUT2D eigenvalue weighted by Gasteiger charge is -2.12. The summed E-state index contributed by atoms with van der Waals surface area (Å²) in [6, 6.07) is 18.5. The maximum atomic E-state index is 12.5. The Morgan fingerprint density at radius 2 is 1.59 bits per heavy atom. The summed E-state index contributed by atoms with van der Waals surface area (Å²) < 4.78 is 33.5. The fraction of sp³-hybridized carbons (Fsp3) is 0.136. The first-order chi connectivity index (χ1) is 13.8. The van der Waals surface area contributed by atoms with E-state index in [0.29, 0.717) is 12.4 Å². The van der Waals surface area contributed by atoms with Crippen molar-refractivity contribution in [2.24, 2.45) is 0 Å². The summed E-state index contributed by atoms with van der Waals surface area (Å²) in [4.78, 5) is 12.5. The number of carbonyl (C=O) groups excluding carboxylic acids is 1. The summed E-state index contributed by atoms with van der Waals surface area (Å²) >= 11 is 3.25. The Bertz CT molecular complexity index is 1120. The Balaban J connectivity index is 1.73. The first kappa shape index (κ1) is 21.1. The van der Waals surface area contributed by atoms with E-state index in [-0.39, 0.29) is 10.5 Å². The summed E-state index contributed by atoms with van der Waals surface area (Å²) in [7, 11) is -3.96. The molecule has 0 saturated heterocycles. The number of sulfonamides is 1. The molecule has 0 fully saturated rings. The Hall–Kier alpha value is -2.64. The molecule has 0 spiro atoms. The third-order valence-electron chi connectivity index (χ3n) is 4.47. The van der Waals surface area contributed by atoms with Gasteiger partial charge in [0.15, 0.2) is 0 Å². The van der Waals surface area contributed by atoms with Crippen molar-refractivity contribution in [3.63, 3.8) is 0 Å². The van der Waals surface area contributed by atoms with Crippen molar-refractivity contribution in [1.29, 1.82) is 0 Å². The minimum absolute atomic E-state index is 0.0106. The van der Waals surface area contributed by atoms with Gasteiger partial charge in [-0.2, -0.15) is 0 Å². The number of amides is 1. The Labute approximate surface area is 178 Å². The van der Waals surface area contributed by atoms with E-state index in [9.17, 15) is 13.2 Å². The molecule has 3 aromatic rings. The van der Waals surface area contributed by atoms with Gasteiger partial charge in [0.2, 0.25) is 0 Å². The number of halogens is 1. The molecule has 0 aromatic heterocycles. The fourth-order valence-electron chi connectivity index (χ4n) is 2.81. The summed E-state index contributed by atoms with van der Waals surface area (Å²) in [6.07, 6.45) is 0. The molecule has 5 nitrogen and oxygen atoms in total. The first-order valence-corrected chi connectivity index (χ1v) is 11.1. The van der Waals surface area contributed by atoms with Gasteiger partial charge in [0.25, 0.3) is 15.9 Å². The van der Waals surface area contributed by atoms with Crippen molar-refractivity contribution < 1.29 is 17.9 Å². The number of benzene rings is 3. The van der Waals surface area contributed by atoms with Crippen LogP contribution in [0.2, 0.25) is 0 Å². The predicted octanol–water partition coefficient (Wildman–Crippen LogP) is 4.76. The van der Waals surface area contributed by atoms with Crippen molar-refractivity contribution in [2.45, 2.75) is 25.3 Å². The van der Waals surface area contributed by atoms with Crippen molar-refractivity contribution in [3.05, 3.63) is 93.5 Å². The number of aryl methyl sites for hydroxylation is 2. The molecule has 0 radical (unpaired) electrons. The van der Waals surface area contributed by atoms with E-state index < -0.39 is 15.9 Å². The zero-order chi connectivity index (χ0) is 21.0. The smallest absolute Gasteiger partial charge is 0.265 e. The number of rotatable bonds is 6. The molecular formula is C22H20BrNO4S. The molecule has 3 rings (SSSR count). The van der Waals surface area contributed by atoms with E-state index in [1.54, 1.807) is 24.3 Å². The Morgan fingerprint density at radius 1 is 0.966 bits per heavy atom. The highest BCUT2D eigenvalue weighted by atomic mass is 79.9. The fourth-order valence-corrected chi connectivity index (χ4v) is 4.05. The second-order valence-corrected chi connectivity index (χ2v) is 9.17. The lowest BCUT2D eigenvalue weighted by atomic mass is 10.0. The van der Waals surface area contributed by atoms with Crippen LogP contribution in [-0.2, 0) is 16.6 Å². The Morgan fingerprint density at radius 3 is 2.24 bits per heavy atom. The van der Waals surface area contributed by atoms with Crippen LogP contribution in [-0.4, -0.2) is 14.3 Å². The molecule has 150 valence electrons. The van der Waals surface area contributed by atoms with Gasteiger partial charge in [-0.3, -0.25) is 4.79 Å². The number of hydrogen-bond acceptors (Lipinski definition) is 4. The highest BCUT2D eigenvalue weighted by molar-refractivity contribution is 9.10. The topological polar surface area (TPSA) is 72.5 Å². The average molecular weight is 474 g/mol. The minimum Gasteiger partial charge on any atom is -0.489 e. The van der Waals surface area contributed by atoms with Crippen LogP contribution in [0.3, 0.4) is 0 Å². The quantitative estimate of drug-likeness (QED) is 0.559. The van der Waals surface area contributed by atoms with Crippen LogP contribution in [0.4, 0.5) is 0 Å². The number of nitrogens with one attached hydrogen (secondary N) is 1. The van der Waals surface area contributed by atoms with Gasteiger partial charge >= 0.3 is 0 Å². The van der Waals surface area contributed by atoms with Gasteiger partial charge in [-0.25, -0.2) is 13.1 Å². The molecule has 0 aliphatic rings. The first-order valence-electron chi connectivity index (χ1n) is 8.87. The van der Waals surface area contributed by atoms with Crippen LogP contribution in [0.15, 0.2) is 76.1 Å². The van der Waals surface area contributed by atoms with E-state index in [1.807, 2.05) is 32.0 Å². The monoisotopic (exact) mass is 473 g/mol. The number of carbonyl (C=O) groups is 1. The average Bonchev–Trinajstić information content (AvgIpc) is 2.68. The standard InChI is InChI=1S/C22H20BrNO4S/c1-15-5-3-6-16(2)21(15)14-28-19-8-4-7-17(13-19)22(25)24-29(26,27)20-11-9-18(23)10-12-20/h3-13H,14H2,1-2H3,(H,24,25). The van der Waals surface area contributed by atoms with E-state index in [4.69, 9.17) is 4.74 Å². The van der Waals surface area contributed by atoms with E-state index in [1.165, 1.54) is 24.3 Å². The van der Waals surface area contributed by atoms with Gasteiger partial charge in [-0.1, -0.05) is 40.2 Å². The molecular weight excluding hydrogens is 454 g/mol. The molecule has 29 heavy (non-hydrogen) atoms. The third kappa shape index (κ3) is 5.25. The maximum absolute atomic E-state index is 12.5. The molecule has 3 aromatic carbocycles. The van der Waals surface area contributed by atoms with Crippen molar-refractivity contribution in [1.82, 2.24) is 4.72 Å². The van der Waals surface area contributed by atoms with Gasteiger partial charge in [0.05, 0.1) is 4.90 Å². The molecule has 0 saturated carbocycles. The van der Waals surface area contributed by atoms with Gasteiger partial charge in [-0.15, -0.1) is 0 Å². The Kier molecular flexibility index (Phi) is 6.39. The summed E-state index contributed by atoms with van der Waals surface area (Å²) in [6.45, 7) is 4.39. The molecule has 0 aliphatic heterocycles. The van der Waals surface area contributed by atoms with Crippen LogP contribution < -0.4 is 9.46 Å². The second-order valence-electron chi connectivity index (χ2n) is 6.58. The zero-order valence-corrected chi connectivity index (χ0v) is 18.4. The van der Waals surface area contributed by atoms with Gasteiger partial charge in [0, 0.05) is 10.0 Å². The minimum atomic E-state index is -3.96. The van der Waals surface area contributed by atoms with Crippen molar-refractivity contribution >= 4 is 31.9 Å². The zero-order valence-electron chi connectivity index (χ0n) is 16.0. The molecule has 1 N–H and O–H groups in total. The second kappa shape index (κ2) is 8.80. The molecule has 0 aliphatic carbocycles. The van der Waals surface area contributed by atoms with Crippen molar-refractivity contribution in [3.8, 4) is 5.75 Å². The summed E-state index contributed by atoms with van der Waals surface area (Å²) in [5, 5.41) is 0. The van der Waals surface area contributed by atoms with E-state index >= 15 is 0 Å². The maximum Gasteiger partial charge on any atom is 0.265 e.